The molecule has 148 valence electrons. The van der Waals surface area contributed by atoms with Gasteiger partial charge < -0.3 is 9.47 Å². The van der Waals surface area contributed by atoms with Gasteiger partial charge in [0, 0.05) is 5.56 Å². The number of aryl methyl sites for hydroxylation is 2. The fourth-order valence-corrected chi connectivity index (χ4v) is 3.36. The van der Waals surface area contributed by atoms with E-state index in [9.17, 15) is 0 Å². The lowest BCUT2D eigenvalue weighted by Crippen LogP contribution is -2.15. The first-order valence-corrected chi connectivity index (χ1v) is 10.5. The Morgan fingerprint density at radius 2 is 1.67 bits per heavy atom. The molecule has 1 heterocycles. The molecule has 0 saturated carbocycles. The molecular weight excluding hydrogens is 358 g/mol. The van der Waals surface area contributed by atoms with Crippen molar-refractivity contribution in [3.63, 3.8) is 0 Å². The minimum absolute atomic E-state index is 0.115. The smallest absolute Gasteiger partial charge is 0.141 e. The number of pyridine rings is 1. The third-order valence-electron chi connectivity index (χ3n) is 4.63. The van der Waals surface area contributed by atoms with Crippen molar-refractivity contribution in [1.82, 2.24) is 4.98 Å². The third-order valence-corrected chi connectivity index (χ3v) is 4.94. The van der Waals surface area contributed by atoms with E-state index in [2.05, 4.69) is 33.8 Å². The van der Waals surface area contributed by atoms with Crippen LogP contribution in [-0.4, -0.2) is 17.2 Å². The van der Waals surface area contributed by atoms with Crippen LogP contribution in [0.4, 0.5) is 0 Å². The van der Waals surface area contributed by atoms with Gasteiger partial charge in [0.2, 0.25) is 0 Å². The lowest BCUT2D eigenvalue weighted by Gasteiger charge is -2.20. The maximum absolute atomic E-state index is 6.59. The molecule has 0 bridgehead atoms. The number of halogens is 1. The summed E-state index contributed by atoms with van der Waals surface area (Å²) in [7, 11) is 0. The zero-order chi connectivity index (χ0) is 20.0. The van der Waals surface area contributed by atoms with E-state index in [0.717, 1.165) is 59.7 Å². The molecule has 3 nitrogen and oxygen atoms in total. The Morgan fingerprint density at radius 1 is 0.963 bits per heavy atom. The van der Waals surface area contributed by atoms with Gasteiger partial charge in [0.15, 0.2) is 0 Å². The van der Waals surface area contributed by atoms with Crippen molar-refractivity contribution in [2.75, 3.05) is 0 Å². The Hall–Kier alpha value is -1.74. The van der Waals surface area contributed by atoms with E-state index in [0.29, 0.717) is 5.02 Å². The number of benzene rings is 1. The lowest BCUT2D eigenvalue weighted by atomic mass is 10.0. The van der Waals surface area contributed by atoms with Crippen LogP contribution in [0.5, 0.6) is 11.5 Å². The van der Waals surface area contributed by atoms with Crippen LogP contribution in [0, 0.1) is 0 Å². The molecule has 0 amide bonds. The third kappa shape index (κ3) is 5.38. The van der Waals surface area contributed by atoms with Crippen LogP contribution in [0.2, 0.25) is 5.02 Å². The van der Waals surface area contributed by atoms with E-state index in [4.69, 9.17) is 26.1 Å². The van der Waals surface area contributed by atoms with Gasteiger partial charge in [-0.2, -0.15) is 0 Å². The molecule has 0 radical (unpaired) electrons. The molecule has 0 atom stereocenters. The summed E-state index contributed by atoms with van der Waals surface area (Å²) >= 11 is 6.59. The molecule has 1 aromatic carbocycles. The van der Waals surface area contributed by atoms with Gasteiger partial charge in [0.05, 0.1) is 28.6 Å². The molecule has 27 heavy (non-hydrogen) atoms. The van der Waals surface area contributed by atoms with Gasteiger partial charge in [-0.3, -0.25) is 0 Å². The maximum atomic E-state index is 6.59. The highest BCUT2D eigenvalue weighted by molar-refractivity contribution is 6.33. The summed E-state index contributed by atoms with van der Waals surface area (Å²) in [6.45, 7) is 12.6. The highest BCUT2D eigenvalue weighted by Crippen LogP contribution is 2.35. The van der Waals surface area contributed by atoms with E-state index in [1.807, 2.05) is 32.0 Å². The van der Waals surface area contributed by atoms with Crippen molar-refractivity contribution in [2.45, 2.75) is 79.4 Å². The topological polar surface area (TPSA) is 31.4 Å². The summed E-state index contributed by atoms with van der Waals surface area (Å²) in [6.07, 6.45) is 4.01. The molecule has 0 aliphatic heterocycles. The van der Waals surface area contributed by atoms with E-state index >= 15 is 0 Å². The predicted molar refractivity (Wildman–Crippen MR) is 114 cm³/mol. The molecule has 0 aliphatic carbocycles. The number of aromatic nitrogens is 1. The average Bonchev–Trinajstić information content (AvgIpc) is 2.65. The van der Waals surface area contributed by atoms with Crippen molar-refractivity contribution in [3.05, 3.63) is 40.5 Å². The summed E-state index contributed by atoms with van der Waals surface area (Å²) in [5.74, 6) is 1.68. The maximum Gasteiger partial charge on any atom is 0.141 e. The molecule has 4 heteroatoms. The van der Waals surface area contributed by atoms with Crippen molar-refractivity contribution in [2.24, 2.45) is 0 Å². The van der Waals surface area contributed by atoms with E-state index in [1.165, 1.54) is 0 Å². The highest BCUT2D eigenvalue weighted by Gasteiger charge is 2.17. The summed E-state index contributed by atoms with van der Waals surface area (Å²) in [5.41, 5.74) is 4.00. The summed E-state index contributed by atoms with van der Waals surface area (Å²) in [5, 5.41) is 0.658. The van der Waals surface area contributed by atoms with E-state index < -0.39 is 0 Å². The first-order valence-electron chi connectivity index (χ1n) is 10.1. The lowest BCUT2D eigenvalue weighted by molar-refractivity contribution is 0.190. The second-order valence-corrected chi connectivity index (χ2v) is 7.42. The van der Waals surface area contributed by atoms with E-state index in [-0.39, 0.29) is 12.2 Å². The van der Waals surface area contributed by atoms with Gasteiger partial charge in [0.1, 0.15) is 11.5 Å². The van der Waals surface area contributed by atoms with Crippen LogP contribution in [0.1, 0.15) is 65.6 Å². The molecule has 2 aromatic rings. The number of hydrogen-bond donors (Lipinski definition) is 0. The molecular formula is C23H32ClNO2. The number of hydrogen-bond acceptors (Lipinski definition) is 3. The molecule has 2 rings (SSSR count). The van der Waals surface area contributed by atoms with Crippen LogP contribution in [0.3, 0.4) is 0 Å². The van der Waals surface area contributed by atoms with Gasteiger partial charge in [0.25, 0.3) is 0 Å². The Bertz CT molecular complexity index is 754. The van der Waals surface area contributed by atoms with Gasteiger partial charge in [-0.15, -0.1) is 0 Å². The molecule has 0 spiro atoms. The zero-order valence-electron chi connectivity index (χ0n) is 17.4. The van der Waals surface area contributed by atoms with Crippen LogP contribution >= 0.6 is 11.6 Å². The SMILES string of the molecule is CCc1cc(OC(CC)CC)c(CC)nc1-c1ccc(OC(C)C)cc1Cl. The first kappa shape index (κ1) is 21.6. The van der Waals surface area contributed by atoms with Crippen LogP contribution in [0.15, 0.2) is 24.3 Å². The van der Waals surface area contributed by atoms with E-state index in [1.54, 1.807) is 0 Å². The quantitative estimate of drug-likeness (QED) is 0.468. The number of rotatable bonds is 9. The Labute approximate surface area is 169 Å². The summed E-state index contributed by atoms with van der Waals surface area (Å²) in [6, 6.07) is 7.98. The standard InChI is InChI=1S/C23H32ClNO2/c1-7-16-13-22(27-17(8-2)9-3)21(10-4)25-23(16)19-12-11-18(14-20(19)24)26-15(5)6/h11-15,17H,7-10H2,1-6H3. The van der Waals surface area contributed by atoms with Gasteiger partial charge >= 0.3 is 0 Å². The number of nitrogens with zero attached hydrogens (tertiary/aromatic N) is 1. The monoisotopic (exact) mass is 389 g/mol. The Kier molecular flexibility index (Phi) is 7.97. The minimum Gasteiger partial charge on any atom is -0.491 e. The predicted octanol–water partition coefficient (Wildman–Crippen LogP) is 6.88. The first-order chi connectivity index (χ1) is 12.9. The van der Waals surface area contributed by atoms with Gasteiger partial charge in [-0.1, -0.05) is 39.3 Å². The van der Waals surface area contributed by atoms with Crippen molar-refractivity contribution in [1.29, 1.82) is 0 Å². The molecule has 0 fully saturated rings. The average molecular weight is 390 g/mol. The van der Waals surface area contributed by atoms with Crippen molar-refractivity contribution >= 4 is 11.6 Å². The highest BCUT2D eigenvalue weighted by atomic mass is 35.5. The fraction of sp³-hybridized carbons (Fsp3) is 0.522. The second-order valence-electron chi connectivity index (χ2n) is 7.01. The minimum atomic E-state index is 0.115. The molecule has 0 N–H and O–H groups in total. The van der Waals surface area contributed by atoms with Crippen LogP contribution < -0.4 is 9.47 Å². The normalized spacial score (nSPS) is 11.3. The van der Waals surface area contributed by atoms with Gasteiger partial charge in [-0.05, 0) is 69.4 Å². The molecule has 0 saturated heterocycles. The second kappa shape index (κ2) is 9.98. The fourth-order valence-electron chi connectivity index (χ4n) is 3.10. The largest absolute Gasteiger partial charge is 0.491 e. The van der Waals surface area contributed by atoms with Crippen molar-refractivity contribution < 1.29 is 9.47 Å². The molecule has 0 aliphatic rings. The van der Waals surface area contributed by atoms with Crippen LogP contribution in [0.25, 0.3) is 11.3 Å². The summed E-state index contributed by atoms with van der Waals surface area (Å²) in [4.78, 5) is 4.96. The molecule has 1 aromatic heterocycles. The Balaban J connectivity index is 2.47. The molecule has 0 unspecified atom stereocenters. The van der Waals surface area contributed by atoms with Gasteiger partial charge in [-0.25, -0.2) is 4.98 Å². The zero-order valence-corrected chi connectivity index (χ0v) is 18.2. The Morgan fingerprint density at radius 3 is 2.19 bits per heavy atom. The van der Waals surface area contributed by atoms with Crippen LogP contribution in [-0.2, 0) is 12.8 Å². The summed E-state index contributed by atoms with van der Waals surface area (Å²) < 4.78 is 12.0. The van der Waals surface area contributed by atoms with Crippen molar-refractivity contribution in [3.8, 4) is 22.8 Å². The number of ether oxygens (including phenoxy) is 2.